The van der Waals surface area contributed by atoms with Crippen molar-refractivity contribution in [2.45, 2.75) is 31.5 Å². The highest BCUT2D eigenvalue weighted by molar-refractivity contribution is 4.72. The maximum absolute atomic E-state index is 9.32. The van der Waals surface area contributed by atoms with E-state index in [1.54, 1.807) is 0 Å². The third-order valence-electron chi connectivity index (χ3n) is 1.75. The summed E-state index contributed by atoms with van der Waals surface area (Å²) < 4.78 is 4.80. The molecule has 0 aromatic carbocycles. The van der Waals surface area contributed by atoms with Crippen molar-refractivity contribution >= 4 is 0 Å². The first kappa shape index (κ1) is 14.1. The van der Waals surface area contributed by atoms with Gasteiger partial charge in [-0.15, -0.1) is 0 Å². The van der Waals surface area contributed by atoms with Crippen LogP contribution in [0.15, 0.2) is 5.11 Å². The quantitative estimate of drug-likeness (QED) is 0.184. The second kappa shape index (κ2) is 7.41. The van der Waals surface area contributed by atoms with Crippen LogP contribution in [0.4, 0.5) is 0 Å². The fraction of sp³-hybridized carbons (Fsp3) is 1.00. The molecule has 4 N–H and O–H groups in total. The molecule has 0 aliphatic rings. The molecular formula is C7H15N3O5. The summed E-state index contributed by atoms with van der Waals surface area (Å²) in [6.07, 6.45) is -3.56. The number of aliphatic hydroxyl groups excluding tert-OH is 4. The second-order valence-electron chi connectivity index (χ2n) is 2.94. The predicted octanol–water partition coefficient (Wildman–Crippen LogP) is -1.27. The van der Waals surface area contributed by atoms with Gasteiger partial charge in [-0.3, -0.25) is 0 Å². The fourth-order valence-corrected chi connectivity index (χ4v) is 0.829. The van der Waals surface area contributed by atoms with E-state index in [1.807, 2.05) is 0 Å². The van der Waals surface area contributed by atoms with E-state index in [0.29, 0.717) is 0 Å². The maximum Gasteiger partial charge on any atom is 0.165 e. The summed E-state index contributed by atoms with van der Waals surface area (Å²) in [5, 5.41) is 39.0. The molecular weight excluding hydrogens is 206 g/mol. The third kappa shape index (κ3) is 4.93. The van der Waals surface area contributed by atoms with Crippen LogP contribution >= 0.6 is 0 Å². The van der Waals surface area contributed by atoms with E-state index in [4.69, 9.17) is 25.6 Å². The van der Waals surface area contributed by atoms with Gasteiger partial charge in [-0.2, -0.15) is 0 Å². The zero-order chi connectivity index (χ0) is 11.8. The SMILES string of the molecule is C[C@H](O)C(CO)OC(O)[C@H](CO)N=[N+]=[N-]. The molecule has 0 aliphatic carbocycles. The molecule has 0 fully saturated rings. The highest BCUT2D eigenvalue weighted by atomic mass is 16.6. The van der Waals surface area contributed by atoms with E-state index in [0.717, 1.165) is 0 Å². The lowest BCUT2D eigenvalue weighted by Crippen LogP contribution is -2.39. The van der Waals surface area contributed by atoms with Gasteiger partial charge >= 0.3 is 0 Å². The number of nitrogens with zero attached hydrogens (tertiary/aromatic N) is 3. The zero-order valence-electron chi connectivity index (χ0n) is 8.26. The number of ether oxygens (including phenoxy) is 1. The molecule has 0 aromatic heterocycles. The van der Waals surface area contributed by atoms with Crippen LogP contribution in [0.5, 0.6) is 0 Å². The Balaban J connectivity index is 4.30. The molecule has 0 saturated carbocycles. The Morgan fingerprint density at radius 3 is 2.27 bits per heavy atom. The standard InChI is InChI=1S/C7H15N3O5/c1-4(13)6(3-12)15-7(14)5(2-11)9-10-8/h4-7,11-14H,2-3H2,1H3/t4-,5-,6?,7?/m0/s1. The lowest BCUT2D eigenvalue weighted by molar-refractivity contribution is -0.184. The average Bonchev–Trinajstić information content (AvgIpc) is 2.21. The van der Waals surface area contributed by atoms with Crippen molar-refractivity contribution in [3.8, 4) is 0 Å². The minimum Gasteiger partial charge on any atom is -0.396 e. The predicted molar refractivity (Wildman–Crippen MR) is 49.7 cm³/mol. The van der Waals surface area contributed by atoms with Gasteiger partial charge in [-0.25, -0.2) is 0 Å². The van der Waals surface area contributed by atoms with Crippen LogP contribution in [-0.2, 0) is 4.74 Å². The summed E-state index contributed by atoms with van der Waals surface area (Å²) in [6, 6.07) is -1.16. The topological polar surface area (TPSA) is 139 Å². The first-order chi connectivity index (χ1) is 7.06. The van der Waals surface area contributed by atoms with Gasteiger partial charge in [-0.1, -0.05) is 5.11 Å². The van der Waals surface area contributed by atoms with Gasteiger partial charge < -0.3 is 25.2 Å². The van der Waals surface area contributed by atoms with Crippen molar-refractivity contribution in [1.29, 1.82) is 0 Å². The van der Waals surface area contributed by atoms with E-state index in [1.165, 1.54) is 6.92 Å². The largest absolute Gasteiger partial charge is 0.396 e. The Morgan fingerprint density at radius 1 is 1.33 bits per heavy atom. The van der Waals surface area contributed by atoms with Crippen LogP contribution in [-0.4, -0.2) is 58.2 Å². The van der Waals surface area contributed by atoms with Crippen LogP contribution in [0.3, 0.4) is 0 Å². The molecule has 8 nitrogen and oxygen atoms in total. The summed E-state index contributed by atoms with van der Waals surface area (Å²) in [5.41, 5.74) is 8.10. The number of hydrogen-bond acceptors (Lipinski definition) is 6. The Bertz CT molecular complexity index is 219. The number of rotatable bonds is 7. The van der Waals surface area contributed by atoms with Gasteiger partial charge in [0.2, 0.25) is 0 Å². The molecule has 0 amide bonds. The molecule has 0 aliphatic heterocycles. The van der Waals surface area contributed by atoms with E-state index >= 15 is 0 Å². The molecule has 0 aromatic rings. The molecule has 0 heterocycles. The molecule has 8 heteroatoms. The highest BCUT2D eigenvalue weighted by Crippen LogP contribution is 2.07. The van der Waals surface area contributed by atoms with Crippen LogP contribution in [0.2, 0.25) is 0 Å². The number of azide groups is 1. The van der Waals surface area contributed by atoms with Crippen molar-refractivity contribution in [2.24, 2.45) is 5.11 Å². The molecule has 15 heavy (non-hydrogen) atoms. The van der Waals surface area contributed by atoms with Gasteiger partial charge in [0, 0.05) is 4.91 Å². The Hall–Kier alpha value is -0.890. The van der Waals surface area contributed by atoms with Crippen molar-refractivity contribution in [3.63, 3.8) is 0 Å². The number of aliphatic hydroxyl groups is 4. The van der Waals surface area contributed by atoms with Crippen molar-refractivity contribution in [1.82, 2.24) is 0 Å². The lowest BCUT2D eigenvalue weighted by Gasteiger charge is -2.24. The van der Waals surface area contributed by atoms with Crippen molar-refractivity contribution < 1.29 is 25.2 Å². The summed E-state index contributed by atoms with van der Waals surface area (Å²) in [7, 11) is 0. The van der Waals surface area contributed by atoms with Crippen molar-refractivity contribution in [3.05, 3.63) is 10.4 Å². The Morgan fingerprint density at radius 2 is 1.93 bits per heavy atom. The molecule has 0 spiro atoms. The van der Waals surface area contributed by atoms with Gasteiger partial charge in [0.05, 0.1) is 19.3 Å². The minimum absolute atomic E-state index is 0.497. The van der Waals surface area contributed by atoms with Crippen LogP contribution in [0.25, 0.3) is 10.4 Å². The van der Waals surface area contributed by atoms with Gasteiger partial charge in [0.25, 0.3) is 0 Å². The van der Waals surface area contributed by atoms with Gasteiger partial charge in [0.1, 0.15) is 12.1 Å². The van der Waals surface area contributed by atoms with Gasteiger partial charge in [-0.05, 0) is 12.5 Å². The van der Waals surface area contributed by atoms with E-state index < -0.39 is 37.8 Å². The zero-order valence-corrected chi connectivity index (χ0v) is 8.26. The van der Waals surface area contributed by atoms with E-state index in [9.17, 15) is 5.11 Å². The summed E-state index contributed by atoms with van der Waals surface area (Å²) in [5.74, 6) is 0. The molecule has 0 radical (unpaired) electrons. The van der Waals surface area contributed by atoms with Crippen LogP contribution < -0.4 is 0 Å². The molecule has 2 unspecified atom stereocenters. The van der Waals surface area contributed by atoms with Crippen LogP contribution in [0, 0.1) is 0 Å². The molecule has 88 valence electrons. The van der Waals surface area contributed by atoms with Crippen molar-refractivity contribution in [2.75, 3.05) is 13.2 Å². The highest BCUT2D eigenvalue weighted by Gasteiger charge is 2.24. The first-order valence-corrected chi connectivity index (χ1v) is 4.34. The number of hydrogen-bond donors (Lipinski definition) is 4. The summed E-state index contributed by atoms with van der Waals surface area (Å²) in [6.45, 7) is 0.279. The smallest absolute Gasteiger partial charge is 0.165 e. The summed E-state index contributed by atoms with van der Waals surface area (Å²) in [4.78, 5) is 2.41. The average molecular weight is 221 g/mol. The molecule has 0 rings (SSSR count). The molecule has 4 atom stereocenters. The molecule has 0 bridgehead atoms. The summed E-state index contributed by atoms with van der Waals surface area (Å²) >= 11 is 0. The van der Waals surface area contributed by atoms with E-state index in [-0.39, 0.29) is 0 Å². The lowest BCUT2D eigenvalue weighted by atomic mass is 10.2. The maximum atomic E-state index is 9.32. The second-order valence-corrected chi connectivity index (χ2v) is 2.94. The molecule has 0 saturated heterocycles. The van der Waals surface area contributed by atoms with Gasteiger partial charge in [0.15, 0.2) is 6.29 Å². The van der Waals surface area contributed by atoms with Crippen LogP contribution in [0.1, 0.15) is 6.92 Å². The first-order valence-electron chi connectivity index (χ1n) is 4.34. The van der Waals surface area contributed by atoms with E-state index in [2.05, 4.69) is 10.0 Å². The fourth-order valence-electron chi connectivity index (χ4n) is 0.829. The monoisotopic (exact) mass is 221 g/mol. The Kier molecular flexibility index (Phi) is 6.97. The normalized spacial score (nSPS) is 18.7. The Labute approximate surface area is 86.4 Å². The minimum atomic E-state index is -1.57. The third-order valence-corrected chi connectivity index (χ3v) is 1.75.